The number of halogens is 4. The maximum atomic E-state index is 13.1. The van der Waals surface area contributed by atoms with Crippen molar-refractivity contribution in [2.75, 3.05) is 27.2 Å². The van der Waals surface area contributed by atoms with Crippen LogP contribution in [0.25, 0.3) is 0 Å². The van der Waals surface area contributed by atoms with Crippen molar-refractivity contribution in [1.82, 2.24) is 4.90 Å². The van der Waals surface area contributed by atoms with Gasteiger partial charge in [0, 0.05) is 12.6 Å². The highest BCUT2D eigenvalue weighted by molar-refractivity contribution is 6.73. The highest BCUT2D eigenvalue weighted by Crippen LogP contribution is 2.16. The number of nitrogens with zero attached hydrogens (tertiary/aromatic N) is 1. The molecule has 0 radical (unpaired) electrons. The van der Waals surface area contributed by atoms with E-state index in [1.54, 1.807) is 0 Å². The number of likely N-dealkylation sites (N-methyl/N-ethyl adjacent to an activating group) is 1. The van der Waals surface area contributed by atoms with E-state index < -0.39 is 18.3 Å². The number of hydrogen-bond acceptors (Lipinski definition) is 2. The second-order valence-corrected chi connectivity index (χ2v) is 3.91. The van der Waals surface area contributed by atoms with Gasteiger partial charge in [-0.15, -0.1) is 0 Å². The molecular formula is C10H13BF4NO-. The average molecular weight is 250 g/mol. The van der Waals surface area contributed by atoms with Gasteiger partial charge in [-0.05, 0) is 20.2 Å². The molecule has 0 aliphatic carbocycles. The van der Waals surface area contributed by atoms with E-state index in [0.717, 1.165) is 12.1 Å². The molecule has 0 aliphatic heterocycles. The zero-order valence-corrected chi connectivity index (χ0v) is 9.59. The van der Waals surface area contributed by atoms with E-state index in [-0.39, 0.29) is 5.75 Å². The second kappa shape index (κ2) is 5.40. The summed E-state index contributed by atoms with van der Waals surface area (Å²) in [6.45, 7) is -4.41. The maximum Gasteiger partial charge on any atom is 0.512 e. The average Bonchev–Trinajstić information content (AvgIpc) is 2.14. The summed E-state index contributed by atoms with van der Waals surface area (Å²) in [7, 11) is 3.67. The van der Waals surface area contributed by atoms with Gasteiger partial charge in [0.25, 0.3) is 0 Å². The molecule has 0 bridgehead atoms. The maximum absolute atomic E-state index is 13.1. The van der Waals surface area contributed by atoms with E-state index in [0.29, 0.717) is 19.2 Å². The molecule has 0 atom stereocenters. The van der Waals surface area contributed by atoms with Crippen molar-refractivity contribution in [3.05, 3.63) is 24.0 Å². The minimum atomic E-state index is -5.31. The zero-order chi connectivity index (χ0) is 13.1. The van der Waals surface area contributed by atoms with Crippen LogP contribution in [-0.2, 0) is 0 Å². The van der Waals surface area contributed by atoms with E-state index in [1.165, 1.54) is 0 Å². The van der Waals surface area contributed by atoms with Gasteiger partial charge in [-0.25, -0.2) is 4.39 Å². The van der Waals surface area contributed by atoms with Crippen LogP contribution in [0.3, 0.4) is 0 Å². The van der Waals surface area contributed by atoms with Crippen molar-refractivity contribution in [2.24, 2.45) is 0 Å². The predicted octanol–water partition coefficient (Wildman–Crippen LogP) is 1.82. The molecule has 1 aromatic rings. The van der Waals surface area contributed by atoms with Crippen molar-refractivity contribution in [3.63, 3.8) is 0 Å². The SMILES string of the molecule is CN(C)CCOc1ccc([B-](F)(F)F)c(F)c1. The third-order valence-electron chi connectivity index (χ3n) is 2.13. The Balaban J connectivity index is 2.69. The van der Waals surface area contributed by atoms with Gasteiger partial charge in [0.2, 0.25) is 0 Å². The molecule has 0 heterocycles. The second-order valence-electron chi connectivity index (χ2n) is 3.91. The standard InChI is InChI=1S/C10H13BF4NO/c1-16(2)5-6-17-8-3-4-9(10(12)7-8)11(13,14)15/h3-4,7H,5-6H2,1-2H3/q-1. The lowest BCUT2D eigenvalue weighted by Gasteiger charge is -2.17. The molecule has 0 amide bonds. The van der Waals surface area contributed by atoms with Crippen LogP contribution in [0.2, 0.25) is 0 Å². The molecule has 7 heteroatoms. The van der Waals surface area contributed by atoms with Crippen LogP contribution in [-0.4, -0.2) is 39.1 Å². The summed E-state index contributed by atoms with van der Waals surface area (Å²) in [5.74, 6) is -1.19. The molecule has 0 fully saturated rings. The molecule has 17 heavy (non-hydrogen) atoms. The van der Waals surface area contributed by atoms with Crippen molar-refractivity contribution in [3.8, 4) is 5.75 Å². The summed E-state index contributed by atoms with van der Waals surface area (Å²) in [5, 5.41) is 0. The molecular weight excluding hydrogens is 237 g/mol. The van der Waals surface area contributed by atoms with Crippen LogP contribution >= 0.6 is 0 Å². The molecule has 0 aliphatic rings. The highest BCUT2D eigenvalue weighted by atomic mass is 19.4. The van der Waals surface area contributed by atoms with Gasteiger partial charge in [-0.1, -0.05) is 11.5 Å². The molecule has 96 valence electrons. The van der Waals surface area contributed by atoms with Gasteiger partial charge in [0.1, 0.15) is 12.4 Å². The summed E-state index contributed by atoms with van der Waals surface area (Å²) >= 11 is 0. The molecule has 0 spiro atoms. The third-order valence-corrected chi connectivity index (χ3v) is 2.13. The summed E-state index contributed by atoms with van der Waals surface area (Å²) in [4.78, 5) is 1.85. The van der Waals surface area contributed by atoms with Gasteiger partial charge < -0.3 is 22.6 Å². The Morgan fingerprint density at radius 1 is 1.24 bits per heavy atom. The zero-order valence-electron chi connectivity index (χ0n) is 9.59. The highest BCUT2D eigenvalue weighted by Gasteiger charge is 2.28. The monoisotopic (exact) mass is 250 g/mol. The third kappa shape index (κ3) is 4.26. The van der Waals surface area contributed by atoms with Crippen LogP contribution in [0, 0.1) is 5.82 Å². The first-order chi connectivity index (χ1) is 7.80. The van der Waals surface area contributed by atoms with Gasteiger partial charge >= 0.3 is 6.98 Å². The Morgan fingerprint density at radius 3 is 2.35 bits per heavy atom. The number of rotatable bonds is 5. The minimum Gasteiger partial charge on any atom is -0.492 e. The fraction of sp³-hybridized carbons (Fsp3) is 0.400. The minimum absolute atomic E-state index is 0.105. The van der Waals surface area contributed by atoms with E-state index in [2.05, 4.69) is 0 Å². The summed E-state index contributed by atoms with van der Waals surface area (Å²) in [5.41, 5.74) is -1.22. The summed E-state index contributed by atoms with van der Waals surface area (Å²) in [6.07, 6.45) is 0. The van der Waals surface area contributed by atoms with E-state index in [1.807, 2.05) is 19.0 Å². The Labute approximate surface area is 97.2 Å². The van der Waals surface area contributed by atoms with Gasteiger partial charge in [-0.3, -0.25) is 0 Å². The Morgan fingerprint density at radius 2 is 1.88 bits per heavy atom. The molecule has 1 rings (SSSR count). The molecule has 0 saturated carbocycles. The van der Waals surface area contributed by atoms with E-state index in [9.17, 15) is 17.3 Å². The van der Waals surface area contributed by atoms with Gasteiger partial charge in [0.05, 0.1) is 5.82 Å². The topological polar surface area (TPSA) is 12.5 Å². The quantitative estimate of drug-likeness (QED) is 0.583. The lowest BCUT2D eigenvalue weighted by atomic mass is 9.80. The first-order valence-electron chi connectivity index (χ1n) is 5.07. The number of benzene rings is 1. The number of ether oxygens (including phenoxy) is 1. The van der Waals surface area contributed by atoms with E-state index >= 15 is 0 Å². The van der Waals surface area contributed by atoms with Crippen LogP contribution in [0.1, 0.15) is 0 Å². The van der Waals surface area contributed by atoms with Crippen molar-refractivity contribution < 1.29 is 22.1 Å². The first-order valence-corrected chi connectivity index (χ1v) is 5.07. The summed E-state index contributed by atoms with van der Waals surface area (Å²) < 4.78 is 55.2. The number of hydrogen-bond donors (Lipinski definition) is 0. The lowest BCUT2D eigenvalue weighted by molar-refractivity contribution is 0.260. The predicted molar refractivity (Wildman–Crippen MR) is 59.2 cm³/mol. The Kier molecular flexibility index (Phi) is 4.39. The molecule has 0 unspecified atom stereocenters. The van der Waals surface area contributed by atoms with Gasteiger partial charge in [0.15, 0.2) is 0 Å². The van der Waals surface area contributed by atoms with Crippen molar-refractivity contribution in [1.29, 1.82) is 0 Å². The molecule has 0 saturated heterocycles. The fourth-order valence-corrected chi connectivity index (χ4v) is 1.21. The van der Waals surface area contributed by atoms with Gasteiger partial charge in [-0.2, -0.15) is 0 Å². The fourth-order valence-electron chi connectivity index (χ4n) is 1.21. The smallest absolute Gasteiger partial charge is 0.492 e. The molecule has 2 nitrogen and oxygen atoms in total. The molecule has 0 N–H and O–H groups in total. The van der Waals surface area contributed by atoms with Crippen LogP contribution < -0.4 is 10.2 Å². The first kappa shape index (κ1) is 13.8. The van der Waals surface area contributed by atoms with Crippen LogP contribution in [0.15, 0.2) is 18.2 Å². The van der Waals surface area contributed by atoms with Crippen molar-refractivity contribution in [2.45, 2.75) is 0 Å². The van der Waals surface area contributed by atoms with Crippen LogP contribution in [0.5, 0.6) is 5.75 Å². The summed E-state index contributed by atoms with van der Waals surface area (Å²) in [6, 6.07) is 2.60. The Bertz CT molecular complexity index is 381. The van der Waals surface area contributed by atoms with Crippen LogP contribution in [0.4, 0.5) is 17.3 Å². The largest absolute Gasteiger partial charge is 0.512 e. The lowest BCUT2D eigenvalue weighted by Crippen LogP contribution is -2.36. The molecule has 0 aromatic heterocycles. The normalized spacial score (nSPS) is 11.9. The van der Waals surface area contributed by atoms with E-state index in [4.69, 9.17) is 4.74 Å². The Hall–Kier alpha value is -1.24. The molecule has 1 aromatic carbocycles. The van der Waals surface area contributed by atoms with Crippen molar-refractivity contribution >= 4 is 12.4 Å².